The second kappa shape index (κ2) is 9.10. The van der Waals surface area contributed by atoms with E-state index in [0.29, 0.717) is 12.0 Å². The minimum atomic E-state index is -0.930. The zero-order valence-electron chi connectivity index (χ0n) is 18.8. The van der Waals surface area contributed by atoms with Crippen molar-refractivity contribution < 1.29 is 24.0 Å². The molecule has 36 heavy (non-hydrogen) atoms. The second-order valence-corrected chi connectivity index (χ2v) is 8.47. The summed E-state index contributed by atoms with van der Waals surface area (Å²) in [6, 6.07) is 17.6. The molecule has 2 N–H and O–H groups in total. The van der Waals surface area contributed by atoms with Gasteiger partial charge in [0.15, 0.2) is 0 Å². The fourth-order valence-corrected chi connectivity index (χ4v) is 4.58. The van der Waals surface area contributed by atoms with Crippen LogP contribution in [0.4, 0.5) is 10.1 Å². The average Bonchev–Trinajstić information content (AvgIpc) is 3.42. The number of Topliss-reactive ketones (excluding diaryl/α,β-unsaturated/α-hetero) is 1. The Balaban J connectivity index is 1.63. The maximum atomic E-state index is 13.3. The molecule has 1 atom stereocenters. The van der Waals surface area contributed by atoms with Crippen molar-refractivity contribution in [2.75, 3.05) is 6.54 Å². The fourth-order valence-electron chi connectivity index (χ4n) is 4.58. The van der Waals surface area contributed by atoms with Gasteiger partial charge in [-0.15, -0.1) is 0 Å². The second-order valence-electron chi connectivity index (χ2n) is 8.47. The van der Waals surface area contributed by atoms with Crippen LogP contribution in [0.5, 0.6) is 0 Å². The van der Waals surface area contributed by atoms with E-state index in [4.69, 9.17) is 0 Å². The van der Waals surface area contributed by atoms with Gasteiger partial charge in [0.05, 0.1) is 16.5 Å². The number of rotatable bonds is 6. The normalized spacial score (nSPS) is 17.1. The third-order valence-electron chi connectivity index (χ3n) is 6.34. The van der Waals surface area contributed by atoms with Gasteiger partial charge in [-0.1, -0.05) is 42.5 Å². The number of hydrogen-bond acceptors (Lipinski definition) is 5. The summed E-state index contributed by atoms with van der Waals surface area (Å²) in [6.07, 6.45) is 2.04. The van der Waals surface area contributed by atoms with Crippen LogP contribution < -0.4 is 0 Å². The Morgan fingerprint density at radius 2 is 1.81 bits per heavy atom. The van der Waals surface area contributed by atoms with Crippen LogP contribution >= 0.6 is 0 Å². The summed E-state index contributed by atoms with van der Waals surface area (Å²) in [5, 5.41) is 23.2. The van der Waals surface area contributed by atoms with Crippen molar-refractivity contribution in [3.63, 3.8) is 0 Å². The molecule has 4 aromatic rings. The molecule has 1 aliphatic rings. The number of carbonyl (C=O) groups is 2. The number of nitrogens with one attached hydrogen (secondary N) is 1. The summed E-state index contributed by atoms with van der Waals surface area (Å²) in [5.41, 5.74) is 1.82. The molecule has 1 fully saturated rings. The van der Waals surface area contributed by atoms with Gasteiger partial charge >= 0.3 is 0 Å². The summed E-state index contributed by atoms with van der Waals surface area (Å²) in [7, 11) is 0. The molecule has 1 aromatic heterocycles. The Morgan fingerprint density at radius 3 is 2.56 bits per heavy atom. The number of likely N-dealkylation sites (tertiary alicyclic amines) is 1. The molecular weight excluding hydrogens is 465 g/mol. The van der Waals surface area contributed by atoms with Gasteiger partial charge in [-0.3, -0.25) is 19.7 Å². The molecule has 1 saturated heterocycles. The van der Waals surface area contributed by atoms with E-state index in [2.05, 4.69) is 4.98 Å². The summed E-state index contributed by atoms with van der Waals surface area (Å²) in [5.74, 6) is -2.54. The summed E-state index contributed by atoms with van der Waals surface area (Å²) in [4.78, 5) is 41.6. The highest BCUT2D eigenvalue weighted by Gasteiger charge is 2.46. The first-order valence-electron chi connectivity index (χ1n) is 11.2. The van der Waals surface area contributed by atoms with Crippen molar-refractivity contribution in [1.29, 1.82) is 0 Å². The molecule has 1 aliphatic heterocycles. The van der Waals surface area contributed by atoms with Crippen molar-refractivity contribution >= 4 is 34.0 Å². The van der Waals surface area contributed by atoms with Gasteiger partial charge in [-0.05, 0) is 30.2 Å². The predicted molar refractivity (Wildman–Crippen MR) is 131 cm³/mol. The Hall–Kier alpha value is -4.79. The zero-order chi connectivity index (χ0) is 25.4. The number of hydrogen-bond donors (Lipinski definition) is 2. The number of nitro benzene ring substituents is 1. The fraction of sp³-hybridized carbons (Fsp3) is 0.111. The first-order chi connectivity index (χ1) is 17.3. The van der Waals surface area contributed by atoms with E-state index in [0.717, 1.165) is 22.5 Å². The summed E-state index contributed by atoms with van der Waals surface area (Å²) >= 11 is 0. The number of amides is 1. The average molecular weight is 485 g/mol. The smallest absolute Gasteiger partial charge is 0.295 e. The number of ketones is 1. The highest BCUT2D eigenvalue weighted by Crippen LogP contribution is 2.42. The summed E-state index contributed by atoms with van der Waals surface area (Å²) in [6.45, 7) is 0.131. The number of carbonyl (C=O) groups excluding carboxylic acids is 2. The number of aliphatic hydroxyl groups excluding tert-OH is 1. The highest BCUT2D eigenvalue weighted by molar-refractivity contribution is 6.46. The minimum absolute atomic E-state index is 0.0607. The third kappa shape index (κ3) is 4.00. The lowest BCUT2D eigenvalue weighted by Crippen LogP contribution is -2.31. The largest absolute Gasteiger partial charge is 0.507 e. The van der Waals surface area contributed by atoms with Crippen molar-refractivity contribution in [2.45, 2.75) is 12.5 Å². The molecule has 0 spiro atoms. The van der Waals surface area contributed by atoms with Crippen molar-refractivity contribution in [3.8, 4) is 0 Å². The lowest BCUT2D eigenvalue weighted by Gasteiger charge is -2.25. The number of aromatic nitrogens is 1. The molecule has 2 heterocycles. The van der Waals surface area contributed by atoms with Crippen LogP contribution in [0, 0.1) is 15.9 Å². The van der Waals surface area contributed by atoms with Crippen LogP contribution in [0.2, 0.25) is 0 Å². The molecule has 5 rings (SSSR count). The number of non-ortho nitro benzene ring substituents is 1. The van der Waals surface area contributed by atoms with Gasteiger partial charge in [-0.25, -0.2) is 4.39 Å². The van der Waals surface area contributed by atoms with Gasteiger partial charge in [0.2, 0.25) is 0 Å². The van der Waals surface area contributed by atoms with Crippen LogP contribution in [-0.4, -0.2) is 38.1 Å². The number of fused-ring (bicyclic) bond motifs is 1. The Kier molecular flexibility index (Phi) is 5.81. The van der Waals surface area contributed by atoms with Gasteiger partial charge < -0.3 is 15.0 Å². The lowest BCUT2D eigenvalue weighted by atomic mass is 9.94. The minimum Gasteiger partial charge on any atom is -0.507 e. The quantitative estimate of drug-likeness (QED) is 0.133. The van der Waals surface area contributed by atoms with Crippen LogP contribution in [0.15, 0.2) is 84.6 Å². The number of nitro groups is 1. The molecule has 3 aromatic carbocycles. The molecule has 0 aliphatic carbocycles. The monoisotopic (exact) mass is 485 g/mol. The number of aliphatic hydroxyl groups is 1. The topological polar surface area (TPSA) is 117 Å². The van der Waals surface area contributed by atoms with Crippen LogP contribution in [0.25, 0.3) is 16.7 Å². The number of para-hydroxylation sites is 1. The SMILES string of the molecule is O=C1C(=O)N(CCc2ccc(F)cc2)C(c2c[nH]c3ccccc23)/C1=C(\O)c1cccc([N+](=O)[O-])c1. The Morgan fingerprint density at radius 1 is 1.06 bits per heavy atom. The van der Waals surface area contributed by atoms with Crippen molar-refractivity contribution in [1.82, 2.24) is 9.88 Å². The zero-order valence-corrected chi connectivity index (χ0v) is 18.8. The molecule has 8 nitrogen and oxygen atoms in total. The van der Waals surface area contributed by atoms with E-state index >= 15 is 0 Å². The lowest BCUT2D eigenvalue weighted by molar-refractivity contribution is -0.384. The van der Waals surface area contributed by atoms with E-state index < -0.39 is 28.4 Å². The van der Waals surface area contributed by atoms with E-state index in [1.165, 1.54) is 35.2 Å². The number of halogens is 1. The first-order valence-corrected chi connectivity index (χ1v) is 11.2. The highest BCUT2D eigenvalue weighted by atomic mass is 19.1. The molecular formula is C27H20FN3O5. The van der Waals surface area contributed by atoms with Crippen molar-refractivity contribution in [2.24, 2.45) is 0 Å². The van der Waals surface area contributed by atoms with Gasteiger partial charge in [0.1, 0.15) is 11.6 Å². The number of nitrogens with zero attached hydrogens (tertiary/aromatic N) is 2. The number of H-pyrrole nitrogens is 1. The van der Waals surface area contributed by atoms with Crippen LogP contribution in [0.3, 0.4) is 0 Å². The molecule has 0 bridgehead atoms. The number of benzene rings is 3. The van der Waals surface area contributed by atoms with E-state index in [9.17, 15) is 29.2 Å². The van der Waals surface area contributed by atoms with E-state index in [-0.39, 0.29) is 29.2 Å². The van der Waals surface area contributed by atoms with Gasteiger partial charge in [0.25, 0.3) is 17.4 Å². The maximum Gasteiger partial charge on any atom is 0.295 e. The third-order valence-corrected chi connectivity index (χ3v) is 6.34. The van der Waals surface area contributed by atoms with Gasteiger partial charge in [0, 0.05) is 46.9 Å². The molecule has 1 amide bonds. The Labute approximate surface area is 204 Å². The molecule has 0 radical (unpaired) electrons. The molecule has 180 valence electrons. The summed E-state index contributed by atoms with van der Waals surface area (Å²) < 4.78 is 13.3. The van der Waals surface area contributed by atoms with Crippen LogP contribution in [0.1, 0.15) is 22.7 Å². The van der Waals surface area contributed by atoms with Gasteiger partial charge in [-0.2, -0.15) is 0 Å². The van der Waals surface area contributed by atoms with Crippen molar-refractivity contribution in [3.05, 3.63) is 117 Å². The standard InChI is InChI=1S/C27H20FN3O5/c28-18-10-8-16(9-11-18)12-13-30-24(21-15-29-22-7-2-1-6-20(21)22)23(26(33)27(30)34)25(32)17-4-3-5-19(14-17)31(35)36/h1-11,14-15,24,29,32H,12-13H2/b25-23+. The number of aromatic amines is 1. The first kappa shape index (κ1) is 23.0. The van der Waals surface area contributed by atoms with Crippen LogP contribution in [-0.2, 0) is 16.0 Å². The Bertz CT molecular complexity index is 1540. The van der Waals surface area contributed by atoms with E-state index in [1.807, 2.05) is 24.3 Å². The predicted octanol–water partition coefficient (Wildman–Crippen LogP) is 4.88. The maximum absolute atomic E-state index is 13.3. The molecule has 9 heteroatoms. The van der Waals surface area contributed by atoms with E-state index in [1.54, 1.807) is 18.3 Å². The molecule has 0 saturated carbocycles. The molecule has 1 unspecified atom stereocenters.